The molecule has 0 fully saturated rings. The topological polar surface area (TPSA) is 240 Å². The number of nitrogens with zero attached hydrogens (tertiary/aromatic N) is 3. The molecule has 0 bridgehead atoms. The highest BCUT2D eigenvalue weighted by Crippen LogP contribution is 2.18. The number of benzene rings is 2. The van der Waals surface area contributed by atoms with Crippen LogP contribution >= 0.6 is 11.6 Å². The Morgan fingerprint density at radius 1 is 0.870 bits per heavy atom. The number of nitrogen functional groups attached to an aromatic ring is 2. The SMILES string of the molecule is CCCCCCN(CCCC(=O)c1ccc(CNC[C@H](CNC(=O)c2nc(Cl)c(N)nc2N)Cc2ccccc2C)cc1)C[C@H](O)[C@@H](O)[C@H](O)[C@H](O)CO. The van der Waals surface area contributed by atoms with Crippen molar-refractivity contribution in [3.63, 3.8) is 0 Å². The summed E-state index contributed by atoms with van der Waals surface area (Å²) in [7, 11) is 0. The van der Waals surface area contributed by atoms with Crippen LogP contribution in [0.25, 0.3) is 0 Å². The molecular weight excluding hydrogens is 714 g/mol. The standard InChI is InChI=1S/C39H58ClN7O7/c1-3-4-5-8-17-47(23-31(50)34(52)35(53)32(51)24-48)18-9-12-30(49)28-15-13-26(14-16-28)20-43-21-27(19-29-11-7-6-10-25(29)2)22-44-39(54)33-37(41)46-38(42)36(40)45-33/h6-7,10-11,13-16,27,31-32,34-35,43,48,50-53H,3-5,8-9,12,17-24H2,1-2H3,(H,44,54)(H4,41,42,46)/t27-,31+,32-,34-,35-/m1/s1. The van der Waals surface area contributed by atoms with Crippen LogP contribution in [-0.4, -0.2) is 116 Å². The molecule has 0 radical (unpaired) electrons. The molecule has 0 spiro atoms. The number of unbranched alkanes of at least 4 members (excludes halogenated alkanes) is 3. The summed E-state index contributed by atoms with van der Waals surface area (Å²) in [5.74, 6) is -0.642. The molecule has 298 valence electrons. The maximum atomic E-state index is 13.1. The summed E-state index contributed by atoms with van der Waals surface area (Å²) < 4.78 is 0. The van der Waals surface area contributed by atoms with Gasteiger partial charge in [-0.25, -0.2) is 9.97 Å². The zero-order valence-corrected chi connectivity index (χ0v) is 32.1. The number of nitrogens with two attached hydrogens (primary N) is 2. The number of carbonyl (C=O) groups excluding carboxylic acids is 2. The van der Waals surface area contributed by atoms with Gasteiger partial charge < -0.3 is 52.5 Å². The number of ketones is 1. The van der Waals surface area contributed by atoms with Crippen LogP contribution in [0.5, 0.6) is 0 Å². The van der Waals surface area contributed by atoms with Crippen molar-refractivity contribution in [3.05, 3.63) is 81.6 Å². The van der Waals surface area contributed by atoms with Crippen LogP contribution in [0.1, 0.15) is 83.0 Å². The van der Waals surface area contributed by atoms with Gasteiger partial charge in [-0.05, 0) is 61.9 Å². The van der Waals surface area contributed by atoms with Crippen molar-refractivity contribution in [1.82, 2.24) is 25.5 Å². The number of rotatable bonds is 25. The summed E-state index contributed by atoms with van der Waals surface area (Å²) in [6.07, 6.45) is -0.656. The van der Waals surface area contributed by atoms with E-state index < -0.39 is 36.9 Å². The highest BCUT2D eigenvalue weighted by Gasteiger charge is 2.31. The van der Waals surface area contributed by atoms with Gasteiger partial charge >= 0.3 is 0 Å². The van der Waals surface area contributed by atoms with Crippen molar-refractivity contribution in [2.75, 3.05) is 50.8 Å². The van der Waals surface area contributed by atoms with E-state index in [1.807, 2.05) is 41.3 Å². The lowest BCUT2D eigenvalue weighted by Gasteiger charge is -2.30. The second-order valence-electron chi connectivity index (χ2n) is 13.9. The number of hydrogen-bond donors (Lipinski definition) is 9. The largest absolute Gasteiger partial charge is 0.394 e. The van der Waals surface area contributed by atoms with Crippen molar-refractivity contribution in [3.8, 4) is 0 Å². The van der Waals surface area contributed by atoms with E-state index in [1.165, 1.54) is 5.56 Å². The first kappa shape index (κ1) is 44.7. The Kier molecular flexibility index (Phi) is 19.2. The van der Waals surface area contributed by atoms with Crippen LogP contribution < -0.4 is 22.1 Å². The van der Waals surface area contributed by atoms with Crippen LogP contribution in [0.15, 0.2) is 48.5 Å². The molecular formula is C39H58ClN7O7. The van der Waals surface area contributed by atoms with Crippen LogP contribution in [0.4, 0.5) is 11.6 Å². The molecule has 0 aliphatic rings. The molecule has 3 aromatic rings. The minimum Gasteiger partial charge on any atom is -0.394 e. The number of anilines is 2. The van der Waals surface area contributed by atoms with Gasteiger partial charge in [0.05, 0.1) is 12.7 Å². The molecule has 14 nitrogen and oxygen atoms in total. The van der Waals surface area contributed by atoms with Crippen LogP contribution in [-0.2, 0) is 13.0 Å². The maximum Gasteiger partial charge on any atom is 0.273 e. The Morgan fingerprint density at radius 2 is 1.56 bits per heavy atom. The lowest BCUT2D eigenvalue weighted by Crippen LogP contribution is -2.50. The number of aliphatic hydroxyl groups is 5. The van der Waals surface area contributed by atoms with Gasteiger partial charge in [-0.3, -0.25) is 9.59 Å². The van der Waals surface area contributed by atoms with Gasteiger partial charge in [0.2, 0.25) is 0 Å². The van der Waals surface area contributed by atoms with Gasteiger partial charge in [0.25, 0.3) is 5.91 Å². The molecule has 2 aromatic carbocycles. The zero-order chi connectivity index (χ0) is 39.6. The summed E-state index contributed by atoms with van der Waals surface area (Å²) in [6.45, 7) is 6.10. The monoisotopic (exact) mass is 771 g/mol. The van der Waals surface area contributed by atoms with Crippen LogP contribution in [0.2, 0.25) is 5.15 Å². The highest BCUT2D eigenvalue weighted by molar-refractivity contribution is 6.31. The Hall–Kier alpha value is -3.73. The van der Waals surface area contributed by atoms with Gasteiger partial charge in [0, 0.05) is 38.2 Å². The Bertz CT molecular complexity index is 1600. The number of amides is 1. The van der Waals surface area contributed by atoms with E-state index in [-0.39, 0.29) is 40.7 Å². The number of halogens is 1. The van der Waals surface area contributed by atoms with E-state index in [1.54, 1.807) is 0 Å². The second-order valence-corrected chi connectivity index (χ2v) is 14.2. The number of nitrogens with one attached hydrogen (secondary N) is 2. The number of carbonyl (C=O) groups is 2. The fraction of sp³-hybridized carbons (Fsp3) is 0.538. The lowest BCUT2D eigenvalue weighted by molar-refractivity contribution is -0.119. The number of aliphatic hydroxyl groups excluding tert-OH is 5. The third-order valence-corrected chi connectivity index (χ3v) is 9.73. The van der Waals surface area contributed by atoms with Crippen LogP contribution in [0.3, 0.4) is 0 Å². The molecule has 0 aliphatic heterocycles. The van der Waals surface area contributed by atoms with Crippen molar-refractivity contribution in [2.45, 2.75) is 89.8 Å². The van der Waals surface area contributed by atoms with E-state index in [0.29, 0.717) is 57.5 Å². The first-order valence-corrected chi connectivity index (χ1v) is 19.0. The third-order valence-electron chi connectivity index (χ3n) is 9.46. The third kappa shape index (κ3) is 14.5. The van der Waals surface area contributed by atoms with Crippen molar-refractivity contribution >= 4 is 34.9 Å². The number of aromatic nitrogens is 2. The normalized spacial score (nSPS) is 14.4. The van der Waals surface area contributed by atoms with E-state index in [2.05, 4.69) is 46.6 Å². The Balaban J connectivity index is 1.54. The Morgan fingerprint density at radius 3 is 2.24 bits per heavy atom. The number of hydrogen-bond acceptors (Lipinski definition) is 13. The summed E-state index contributed by atoms with van der Waals surface area (Å²) in [5.41, 5.74) is 15.3. The number of aryl methyl sites for hydroxylation is 1. The molecule has 0 saturated heterocycles. The fourth-order valence-electron chi connectivity index (χ4n) is 6.13. The lowest BCUT2D eigenvalue weighted by atomic mass is 9.95. The molecule has 15 heteroatoms. The highest BCUT2D eigenvalue weighted by atomic mass is 35.5. The van der Waals surface area contributed by atoms with Gasteiger partial charge in [-0.15, -0.1) is 0 Å². The Labute approximate surface area is 323 Å². The summed E-state index contributed by atoms with van der Waals surface area (Å²) >= 11 is 5.97. The first-order chi connectivity index (χ1) is 25.8. The molecule has 0 unspecified atom stereocenters. The average Bonchev–Trinajstić information content (AvgIpc) is 3.16. The van der Waals surface area contributed by atoms with E-state index in [0.717, 1.165) is 36.8 Å². The molecule has 54 heavy (non-hydrogen) atoms. The first-order valence-electron chi connectivity index (χ1n) is 18.6. The summed E-state index contributed by atoms with van der Waals surface area (Å²) in [4.78, 5) is 35.9. The summed E-state index contributed by atoms with van der Waals surface area (Å²) in [6, 6.07) is 15.5. The minimum atomic E-state index is -1.68. The molecule has 11 N–H and O–H groups in total. The van der Waals surface area contributed by atoms with Gasteiger partial charge in [-0.1, -0.05) is 86.3 Å². The van der Waals surface area contributed by atoms with Crippen molar-refractivity contribution in [1.29, 1.82) is 0 Å². The second kappa shape index (κ2) is 23.2. The molecule has 1 amide bonds. The zero-order valence-electron chi connectivity index (χ0n) is 31.3. The maximum absolute atomic E-state index is 13.1. The predicted molar refractivity (Wildman–Crippen MR) is 210 cm³/mol. The molecule has 5 atom stereocenters. The predicted octanol–water partition coefficient (Wildman–Crippen LogP) is 2.26. The molecule has 1 heterocycles. The van der Waals surface area contributed by atoms with Gasteiger partial charge in [0.1, 0.15) is 18.3 Å². The molecule has 0 aliphatic carbocycles. The van der Waals surface area contributed by atoms with Crippen molar-refractivity contribution in [2.24, 2.45) is 5.92 Å². The number of Topliss-reactive ketones (excluding diaryl/α,β-unsaturated/α-hetero) is 1. The smallest absolute Gasteiger partial charge is 0.273 e. The van der Waals surface area contributed by atoms with E-state index >= 15 is 0 Å². The van der Waals surface area contributed by atoms with Crippen LogP contribution in [0, 0.1) is 12.8 Å². The molecule has 0 saturated carbocycles. The van der Waals surface area contributed by atoms with Crippen molar-refractivity contribution < 1.29 is 35.1 Å². The molecule has 1 aromatic heterocycles. The van der Waals surface area contributed by atoms with Gasteiger partial charge in [-0.2, -0.15) is 0 Å². The van der Waals surface area contributed by atoms with Gasteiger partial charge in [0.15, 0.2) is 28.3 Å². The van der Waals surface area contributed by atoms with E-state index in [9.17, 15) is 30.0 Å². The van der Waals surface area contributed by atoms with E-state index in [4.69, 9.17) is 28.2 Å². The fourth-order valence-corrected chi connectivity index (χ4v) is 6.25. The minimum absolute atomic E-state index is 0.00994. The quantitative estimate of drug-likeness (QED) is 0.0444. The molecule has 3 rings (SSSR count). The average molecular weight is 772 g/mol. The summed E-state index contributed by atoms with van der Waals surface area (Å²) in [5, 5.41) is 55.9.